The van der Waals surface area contributed by atoms with Crippen LogP contribution in [0.4, 0.5) is 11.4 Å². The molecule has 0 saturated heterocycles. The van der Waals surface area contributed by atoms with Gasteiger partial charge in [-0.15, -0.1) is 11.8 Å². The van der Waals surface area contributed by atoms with Gasteiger partial charge in [0.25, 0.3) is 0 Å². The Kier molecular flexibility index (Phi) is 5.23. The van der Waals surface area contributed by atoms with Crippen LogP contribution in [0, 0.1) is 0 Å². The van der Waals surface area contributed by atoms with Crippen LogP contribution in [0.2, 0.25) is 0 Å². The lowest BCUT2D eigenvalue weighted by Gasteiger charge is -2.06. The number of benzene rings is 3. The van der Waals surface area contributed by atoms with Crippen molar-refractivity contribution in [1.29, 1.82) is 0 Å². The Morgan fingerprint density at radius 2 is 1.46 bits per heavy atom. The molecule has 0 fully saturated rings. The van der Waals surface area contributed by atoms with Crippen LogP contribution in [0.3, 0.4) is 0 Å². The average Bonchev–Trinajstić information content (AvgIpc) is 2.88. The van der Waals surface area contributed by atoms with Crippen molar-refractivity contribution in [2.75, 3.05) is 6.26 Å². The van der Waals surface area contributed by atoms with Gasteiger partial charge in [0.1, 0.15) is 0 Å². The molecule has 0 unspecified atom stereocenters. The monoisotopic (exact) mass is 374 g/mol. The summed E-state index contributed by atoms with van der Waals surface area (Å²) in [5.41, 5.74) is 4.11. The number of hydrogen-bond donors (Lipinski definition) is 0. The molecule has 128 valence electrons. The number of hydrogen-bond acceptors (Lipinski definition) is 4. The van der Waals surface area contributed by atoms with E-state index in [2.05, 4.69) is 73.0 Å². The quantitative estimate of drug-likeness (QED) is 0.506. The third-order valence-corrected chi connectivity index (χ3v) is 5.79. The Balaban J connectivity index is 1.75. The highest BCUT2D eigenvalue weighted by molar-refractivity contribution is 8.13. The molecule has 1 aliphatic rings. The summed E-state index contributed by atoms with van der Waals surface area (Å²) >= 11 is 3.44. The number of thioether (sulfide) groups is 1. The lowest BCUT2D eigenvalue weighted by molar-refractivity contribution is 1.36. The van der Waals surface area contributed by atoms with E-state index in [0.29, 0.717) is 0 Å². The maximum Gasteiger partial charge on any atom is 0.0901 e. The SMILES string of the molecule is CSC1=Nc2ccc(Sc3ccccc3)cc2N=C(c2ccccc2)C1. The van der Waals surface area contributed by atoms with Crippen LogP contribution in [0.1, 0.15) is 12.0 Å². The molecule has 1 aliphatic heterocycles. The molecule has 0 saturated carbocycles. The summed E-state index contributed by atoms with van der Waals surface area (Å²) in [5.74, 6) is 0. The molecular formula is C22H18N2S2. The molecule has 2 nitrogen and oxygen atoms in total. The van der Waals surface area contributed by atoms with Crippen LogP contribution < -0.4 is 0 Å². The Labute approximate surface area is 162 Å². The standard InChI is InChI=1S/C22H18N2S2/c1-25-22-15-20(16-8-4-2-5-9-16)23-21-14-18(12-13-19(21)24-22)26-17-10-6-3-7-11-17/h2-14H,15H2,1H3. The first-order valence-corrected chi connectivity index (χ1v) is 10.5. The molecule has 4 rings (SSSR count). The number of aliphatic imine (C=N–C) groups is 2. The largest absolute Gasteiger partial charge is 0.250 e. The summed E-state index contributed by atoms with van der Waals surface area (Å²) in [7, 11) is 0. The van der Waals surface area contributed by atoms with Gasteiger partial charge in [-0.3, -0.25) is 4.99 Å². The maximum absolute atomic E-state index is 4.99. The fourth-order valence-corrected chi connectivity index (χ4v) is 4.14. The predicted molar refractivity (Wildman–Crippen MR) is 115 cm³/mol. The summed E-state index contributed by atoms with van der Waals surface area (Å²) in [6.07, 6.45) is 2.84. The minimum Gasteiger partial charge on any atom is -0.250 e. The Morgan fingerprint density at radius 3 is 2.19 bits per heavy atom. The molecule has 0 amide bonds. The Bertz CT molecular complexity index is 964. The summed E-state index contributed by atoms with van der Waals surface area (Å²) in [4.78, 5) is 12.2. The van der Waals surface area contributed by atoms with E-state index in [9.17, 15) is 0 Å². The Morgan fingerprint density at radius 1 is 0.731 bits per heavy atom. The van der Waals surface area contributed by atoms with Crippen molar-refractivity contribution in [2.45, 2.75) is 16.2 Å². The smallest absolute Gasteiger partial charge is 0.0901 e. The van der Waals surface area contributed by atoms with Crippen LogP contribution in [-0.2, 0) is 0 Å². The molecule has 0 bridgehead atoms. The van der Waals surface area contributed by atoms with Crippen LogP contribution in [-0.4, -0.2) is 17.0 Å². The van der Waals surface area contributed by atoms with E-state index in [1.54, 1.807) is 23.5 Å². The molecule has 3 aromatic carbocycles. The summed E-state index contributed by atoms with van der Waals surface area (Å²) < 4.78 is 0. The molecule has 0 radical (unpaired) electrons. The van der Waals surface area contributed by atoms with Crippen molar-refractivity contribution in [3.8, 4) is 0 Å². The average molecular weight is 375 g/mol. The van der Waals surface area contributed by atoms with Crippen molar-refractivity contribution < 1.29 is 0 Å². The van der Waals surface area contributed by atoms with Gasteiger partial charge in [-0.2, -0.15) is 0 Å². The molecule has 0 aromatic heterocycles. The lowest BCUT2D eigenvalue weighted by atomic mass is 10.1. The first-order valence-electron chi connectivity index (χ1n) is 8.43. The van der Waals surface area contributed by atoms with E-state index in [1.807, 2.05) is 12.1 Å². The minimum atomic E-state index is 0.765. The van der Waals surface area contributed by atoms with Gasteiger partial charge in [0.15, 0.2) is 0 Å². The fraction of sp³-hybridized carbons (Fsp3) is 0.0909. The van der Waals surface area contributed by atoms with Gasteiger partial charge in [-0.1, -0.05) is 60.3 Å². The van der Waals surface area contributed by atoms with Gasteiger partial charge in [0.05, 0.1) is 22.1 Å². The van der Waals surface area contributed by atoms with Crippen molar-refractivity contribution >= 4 is 45.7 Å². The molecular weight excluding hydrogens is 356 g/mol. The molecule has 0 N–H and O–H groups in total. The van der Waals surface area contributed by atoms with Crippen molar-refractivity contribution in [2.24, 2.45) is 9.98 Å². The summed E-state index contributed by atoms with van der Waals surface area (Å²) in [5, 5.41) is 1.09. The molecule has 0 atom stereocenters. The molecule has 0 aliphatic carbocycles. The van der Waals surface area contributed by atoms with E-state index in [-0.39, 0.29) is 0 Å². The zero-order valence-corrected chi connectivity index (χ0v) is 16.1. The van der Waals surface area contributed by atoms with Gasteiger partial charge in [-0.25, -0.2) is 4.99 Å². The topological polar surface area (TPSA) is 24.7 Å². The van der Waals surface area contributed by atoms with Gasteiger partial charge in [0.2, 0.25) is 0 Å². The van der Waals surface area contributed by atoms with Gasteiger partial charge < -0.3 is 0 Å². The second-order valence-corrected chi connectivity index (χ2v) is 7.90. The fourth-order valence-electron chi connectivity index (χ4n) is 2.79. The number of rotatable bonds is 3. The van der Waals surface area contributed by atoms with Gasteiger partial charge in [0, 0.05) is 16.2 Å². The Hall–Kier alpha value is -2.30. The van der Waals surface area contributed by atoms with E-state index >= 15 is 0 Å². The van der Waals surface area contributed by atoms with E-state index < -0.39 is 0 Å². The van der Waals surface area contributed by atoms with Crippen LogP contribution in [0.15, 0.2) is 98.6 Å². The molecule has 26 heavy (non-hydrogen) atoms. The van der Waals surface area contributed by atoms with Crippen molar-refractivity contribution in [3.05, 3.63) is 84.4 Å². The highest BCUT2D eigenvalue weighted by atomic mass is 32.2. The summed E-state index contributed by atoms with van der Waals surface area (Å²) in [6, 6.07) is 27.1. The first kappa shape index (κ1) is 17.1. The van der Waals surface area contributed by atoms with Crippen molar-refractivity contribution in [3.63, 3.8) is 0 Å². The van der Waals surface area contributed by atoms with E-state index in [0.717, 1.165) is 34.1 Å². The second kappa shape index (κ2) is 7.94. The number of fused-ring (bicyclic) bond motifs is 1. The predicted octanol–water partition coefficient (Wildman–Crippen LogP) is 6.76. The highest BCUT2D eigenvalue weighted by Gasteiger charge is 2.15. The molecule has 4 heteroatoms. The second-order valence-electron chi connectivity index (χ2n) is 5.88. The van der Waals surface area contributed by atoms with Gasteiger partial charge >= 0.3 is 0 Å². The molecule has 1 heterocycles. The van der Waals surface area contributed by atoms with E-state index in [4.69, 9.17) is 9.98 Å². The van der Waals surface area contributed by atoms with Crippen molar-refractivity contribution in [1.82, 2.24) is 0 Å². The van der Waals surface area contributed by atoms with Crippen LogP contribution >= 0.6 is 23.5 Å². The lowest BCUT2D eigenvalue weighted by Crippen LogP contribution is -2.05. The zero-order valence-electron chi connectivity index (χ0n) is 14.4. The molecule has 0 spiro atoms. The third kappa shape index (κ3) is 3.92. The zero-order chi connectivity index (χ0) is 17.8. The van der Waals surface area contributed by atoms with E-state index in [1.165, 1.54) is 9.79 Å². The summed E-state index contributed by atoms with van der Waals surface area (Å²) in [6.45, 7) is 0. The normalized spacial score (nSPS) is 13.4. The van der Waals surface area contributed by atoms with Crippen LogP contribution in [0.25, 0.3) is 0 Å². The maximum atomic E-state index is 4.99. The van der Waals surface area contributed by atoms with Gasteiger partial charge in [-0.05, 0) is 42.2 Å². The minimum absolute atomic E-state index is 0.765. The first-order chi connectivity index (χ1) is 12.8. The molecule has 3 aromatic rings. The third-order valence-electron chi connectivity index (χ3n) is 4.09. The number of nitrogens with zero attached hydrogens (tertiary/aromatic N) is 2. The van der Waals surface area contributed by atoms with Crippen LogP contribution in [0.5, 0.6) is 0 Å². The highest BCUT2D eigenvalue weighted by Crippen LogP contribution is 2.38.